The van der Waals surface area contributed by atoms with Gasteiger partial charge in [-0.1, -0.05) is 198 Å². The van der Waals surface area contributed by atoms with E-state index in [0.29, 0.717) is 0 Å². The van der Waals surface area contributed by atoms with E-state index in [1.807, 2.05) is 0 Å². The van der Waals surface area contributed by atoms with Gasteiger partial charge in [-0.05, 0) is 103 Å². The number of benzene rings is 8. The van der Waals surface area contributed by atoms with Gasteiger partial charge in [0.2, 0.25) is 0 Å². The van der Waals surface area contributed by atoms with Gasteiger partial charge in [0.25, 0.3) is 0 Å². The van der Waals surface area contributed by atoms with Crippen LogP contribution in [0.1, 0.15) is 73.6 Å². The Kier molecular flexibility index (Phi) is 8.03. The van der Waals surface area contributed by atoms with Gasteiger partial charge in [-0.25, -0.2) is 0 Å². The summed E-state index contributed by atoms with van der Waals surface area (Å²) < 4.78 is 0. The van der Waals surface area contributed by atoms with Crippen LogP contribution in [0.25, 0.3) is 33.4 Å². The molecular weight excluding hydrogens is 687 g/mol. The van der Waals surface area contributed by atoms with Crippen LogP contribution in [-0.2, 0) is 16.2 Å². The summed E-state index contributed by atoms with van der Waals surface area (Å²) in [5.74, 6) is 0. The highest BCUT2D eigenvalue weighted by Gasteiger charge is 2.47. The van der Waals surface area contributed by atoms with Crippen molar-refractivity contribution >= 4 is 17.1 Å². The molecule has 0 atom stereocenters. The Morgan fingerprint density at radius 3 is 1.46 bits per heavy atom. The topological polar surface area (TPSA) is 3.24 Å². The van der Waals surface area contributed by atoms with E-state index in [0.717, 1.165) is 17.1 Å². The van der Waals surface area contributed by atoms with Crippen molar-refractivity contribution in [1.29, 1.82) is 0 Å². The highest BCUT2D eigenvalue weighted by Crippen LogP contribution is 2.58. The summed E-state index contributed by atoms with van der Waals surface area (Å²) in [6.45, 7) is 11.7. The molecule has 0 spiro atoms. The molecule has 10 rings (SSSR count). The minimum absolute atomic E-state index is 0.00691. The Morgan fingerprint density at radius 1 is 0.386 bits per heavy atom. The molecule has 0 aromatic heterocycles. The molecule has 0 saturated heterocycles. The monoisotopic (exact) mass is 733 g/mol. The average molecular weight is 734 g/mol. The highest BCUT2D eigenvalue weighted by molar-refractivity contribution is 5.93. The van der Waals surface area contributed by atoms with Gasteiger partial charge in [0.05, 0.1) is 11.1 Å². The first kappa shape index (κ1) is 35.0. The van der Waals surface area contributed by atoms with E-state index in [2.05, 4.69) is 234 Å². The van der Waals surface area contributed by atoms with Gasteiger partial charge in [-0.3, -0.25) is 0 Å². The molecule has 1 heteroatoms. The normalized spacial score (nSPS) is 14.3. The summed E-state index contributed by atoms with van der Waals surface area (Å²) in [5, 5.41) is 0. The fraction of sp³-hybridized carbons (Fsp3) is 0.143. The Hall–Kier alpha value is -6.44. The first-order chi connectivity index (χ1) is 27.7. The standard InChI is InChI=1S/C56H47N/c1-54(2,3)41-29-32-47-48-34-31-43(37-52(48)56(51(47)35-41,39-21-11-7-12-22-39)40-23-13-8-14-24-40)57(53-28-18-16-25-44(53)38-19-9-6-10-20-38)42-30-33-46-45-26-15-17-27-49(45)55(4,5)50(46)36-42/h6-37H,1-5H3. The fourth-order valence-corrected chi connectivity index (χ4v) is 9.87. The van der Waals surface area contributed by atoms with Crippen molar-refractivity contribution in [3.63, 3.8) is 0 Å². The van der Waals surface area contributed by atoms with Gasteiger partial charge >= 0.3 is 0 Å². The summed E-state index contributed by atoms with van der Waals surface area (Å²) in [4.78, 5) is 2.51. The van der Waals surface area contributed by atoms with Crippen LogP contribution in [0.3, 0.4) is 0 Å². The van der Waals surface area contributed by atoms with Crippen LogP contribution in [0, 0.1) is 0 Å². The molecule has 8 aromatic rings. The van der Waals surface area contributed by atoms with Crippen molar-refractivity contribution in [1.82, 2.24) is 0 Å². The largest absolute Gasteiger partial charge is 0.310 e. The van der Waals surface area contributed by atoms with Crippen LogP contribution in [-0.4, -0.2) is 0 Å². The van der Waals surface area contributed by atoms with Crippen molar-refractivity contribution < 1.29 is 0 Å². The Bertz CT molecular complexity index is 2750. The van der Waals surface area contributed by atoms with Crippen LogP contribution >= 0.6 is 0 Å². The lowest BCUT2D eigenvalue weighted by molar-refractivity contribution is 0.588. The zero-order valence-corrected chi connectivity index (χ0v) is 33.4. The first-order valence-corrected chi connectivity index (χ1v) is 20.3. The van der Waals surface area contributed by atoms with E-state index in [9.17, 15) is 0 Å². The van der Waals surface area contributed by atoms with Crippen molar-refractivity contribution in [2.45, 2.75) is 50.9 Å². The molecule has 2 aliphatic rings. The summed E-state index contributed by atoms with van der Waals surface area (Å²) in [7, 11) is 0. The van der Waals surface area contributed by atoms with E-state index >= 15 is 0 Å². The molecule has 0 unspecified atom stereocenters. The molecule has 0 heterocycles. The lowest BCUT2D eigenvalue weighted by Gasteiger charge is -2.36. The summed E-state index contributed by atoms with van der Waals surface area (Å²) in [6.07, 6.45) is 0. The zero-order valence-electron chi connectivity index (χ0n) is 33.4. The van der Waals surface area contributed by atoms with Crippen LogP contribution in [0.2, 0.25) is 0 Å². The molecule has 8 aromatic carbocycles. The average Bonchev–Trinajstić information content (AvgIpc) is 3.66. The molecule has 276 valence electrons. The molecule has 0 bridgehead atoms. The van der Waals surface area contributed by atoms with Gasteiger partial charge in [0, 0.05) is 22.4 Å². The highest BCUT2D eigenvalue weighted by atomic mass is 15.1. The van der Waals surface area contributed by atoms with Crippen molar-refractivity contribution in [3.8, 4) is 33.4 Å². The smallest absolute Gasteiger partial charge is 0.0714 e. The second-order valence-electron chi connectivity index (χ2n) is 17.3. The maximum atomic E-state index is 2.51. The lowest BCUT2D eigenvalue weighted by Crippen LogP contribution is -2.29. The Labute approximate surface area is 337 Å². The van der Waals surface area contributed by atoms with E-state index in [1.54, 1.807) is 0 Å². The zero-order chi connectivity index (χ0) is 38.9. The van der Waals surface area contributed by atoms with Gasteiger partial charge in [-0.15, -0.1) is 0 Å². The first-order valence-electron chi connectivity index (χ1n) is 20.3. The number of nitrogens with zero attached hydrogens (tertiary/aromatic N) is 1. The molecule has 0 N–H and O–H groups in total. The van der Waals surface area contributed by atoms with Gasteiger partial charge in [-0.2, -0.15) is 0 Å². The van der Waals surface area contributed by atoms with Crippen LogP contribution in [0.15, 0.2) is 194 Å². The van der Waals surface area contributed by atoms with E-state index in [-0.39, 0.29) is 10.8 Å². The molecule has 1 nitrogen and oxygen atoms in total. The molecule has 2 aliphatic carbocycles. The van der Waals surface area contributed by atoms with Gasteiger partial charge in [0.15, 0.2) is 0 Å². The van der Waals surface area contributed by atoms with Crippen molar-refractivity contribution in [2.75, 3.05) is 4.90 Å². The molecule has 0 aliphatic heterocycles. The third-order valence-corrected chi connectivity index (χ3v) is 12.7. The van der Waals surface area contributed by atoms with E-state index in [4.69, 9.17) is 0 Å². The Morgan fingerprint density at radius 2 is 0.842 bits per heavy atom. The number of anilines is 3. The summed E-state index contributed by atoms with van der Waals surface area (Å²) in [6, 6.07) is 72.6. The van der Waals surface area contributed by atoms with Gasteiger partial charge in [0.1, 0.15) is 0 Å². The van der Waals surface area contributed by atoms with Crippen LogP contribution in [0.4, 0.5) is 17.1 Å². The van der Waals surface area contributed by atoms with E-state index in [1.165, 1.54) is 72.3 Å². The van der Waals surface area contributed by atoms with Crippen molar-refractivity contribution in [2.24, 2.45) is 0 Å². The number of rotatable bonds is 6. The number of para-hydroxylation sites is 1. The SMILES string of the molecule is CC(C)(C)c1ccc2c(c1)C(c1ccccc1)(c1ccccc1)c1cc(N(c3ccc4c(c3)C(C)(C)c3ccccc3-4)c3ccccc3-c3ccccc3)ccc1-2. The van der Waals surface area contributed by atoms with Crippen LogP contribution in [0.5, 0.6) is 0 Å². The van der Waals surface area contributed by atoms with E-state index < -0.39 is 5.41 Å². The maximum Gasteiger partial charge on any atom is 0.0714 e. The molecule has 0 fully saturated rings. The third kappa shape index (κ3) is 5.36. The second kappa shape index (κ2) is 13.1. The summed E-state index contributed by atoms with van der Waals surface area (Å²) in [5.41, 5.74) is 19.6. The van der Waals surface area contributed by atoms with Crippen molar-refractivity contribution in [3.05, 3.63) is 233 Å². The minimum Gasteiger partial charge on any atom is -0.310 e. The molecule has 57 heavy (non-hydrogen) atoms. The molecule has 0 radical (unpaired) electrons. The second-order valence-corrected chi connectivity index (χ2v) is 17.3. The fourth-order valence-electron chi connectivity index (χ4n) is 9.87. The summed E-state index contributed by atoms with van der Waals surface area (Å²) >= 11 is 0. The third-order valence-electron chi connectivity index (χ3n) is 12.7. The van der Waals surface area contributed by atoms with Crippen LogP contribution < -0.4 is 4.90 Å². The number of hydrogen-bond donors (Lipinski definition) is 0. The number of fused-ring (bicyclic) bond motifs is 6. The predicted molar refractivity (Wildman–Crippen MR) is 240 cm³/mol. The molecular formula is C56H47N. The molecule has 0 saturated carbocycles. The predicted octanol–water partition coefficient (Wildman–Crippen LogP) is 14.8. The Balaban J connectivity index is 1.27. The minimum atomic E-state index is -0.531. The van der Waals surface area contributed by atoms with Gasteiger partial charge < -0.3 is 4.90 Å². The number of hydrogen-bond acceptors (Lipinski definition) is 1. The maximum absolute atomic E-state index is 2.51. The lowest BCUT2D eigenvalue weighted by atomic mass is 9.67. The quantitative estimate of drug-likeness (QED) is 0.164. The molecule has 0 amide bonds.